The third-order valence-corrected chi connectivity index (χ3v) is 12.6. The Kier molecular flexibility index (Phi) is 13.3. The van der Waals surface area contributed by atoms with E-state index in [1.807, 2.05) is 0 Å². The minimum atomic E-state index is -0.946. The monoisotopic (exact) mass is 880 g/mol. The summed E-state index contributed by atoms with van der Waals surface area (Å²) in [6, 6.07) is 9.68. The van der Waals surface area contributed by atoms with E-state index in [1.54, 1.807) is 36.4 Å². The first-order valence-corrected chi connectivity index (χ1v) is 20.6. The van der Waals surface area contributed by atoms with Crippen molar-refractivity contribution in [3.05, 3.63) is 79.1 Å². The highest BCUT2D eigenvalue weighted by Crippen LogP contribution is 2.53. The molecule has 0 aromatic heterocycles. The van der Waals surface area contributed by atoms with Gasteiger partial charge in [-0.25, -0.2) is 9.59 Å². The lowest BCUT2D eigenvalue weighted by Gasteiger charge is -2.41. The Hall–Kier alpha value is -3.65. The smallest absolute Gasteiger partial charge is 0.343 e. The third-order valence-electron chi connectivity index (χ3n) is 11.5. The molecule has 2 saturated heterocycles. The van der Waals surface area contributed by atoms with Crippen molar-refractivity contribution in [2.24, 2.45) is 0 Å². The van der Waals surface area contributed by atoms with Gasteiger partial charge in [-0.15, -0.1) is 0 Å². The molecule has 4 aliphatic heterocycles. The molecule has 2 aromatic rings. The molecule has 2 aromatic carbocycles. The van der Waals surface area contributed by atoms with E-state index < -0.39 is 41.0 Å². The minimum Gasteiger partial charge on any atom is -0.507 e. The van der Waals surface area contributed by atoms with Crippen LogP contribution in [0.25, 0.3) is 11.1 Å². The molecule has 312 valence electrons. The van der Waals surface area contributed by atoms with E-state index in [-0.39, 0.29) is 33.9 Å². The van der Waals surface area contributed by atoms with Crippen LogP contribution in [0.5, 0.6) is 0 Å². The first-order valence-electron chi connectivity index (χ1n) is 19.1. The molecular weight excluding hydrogens is 838 g/mol. The van der Waals surface area contributed by atoms with Crippen LogP contribution in [0.4, 0.5) is 0 Å². The van der Waals surface area contributed by atoms with E-state index in [9.17, 15) is 29.1 Å². The number of hydrogen-bond donors (Lipinski definition) is 1. The summed E-state index contributed by atoms with van der Waals surface area (Å²) in [4.78, 5) is 56.7. The van der Waals surface area contributed by atoms with Crippen LogP contribution in [-0.2, 0) is 52.4 Å². The molecule has 58 heavy (non-hydrogen) atoms. The fraction of sp³-hybridized carbons (Fsp3) is 0.500. The van der Waals surface area contributed by atoms with E-state index in [4.69, 9.17) is 70.1 Å². The molecule has 4 heterocycles. The molecular formula is C42H44Cl4O12. The molecule has 0 bridgehead atoms. The number of carbonyl (C=O) groups excluding carboxylic acids is 5. The van der Waals surface area contributed by atoms with Gasteiger partial charge in [-0.3, -0.25) is 14.4 Å². The number of benzene rings is 2. The number of aliphatic hydroxyl groups is 1. The Balaban J connectivity index is 0.000000169. The molecule has 4 spiro atoms. The molecule has 1 N–H and O–H groups in total. The number of hydrogen-bond acceptors (Lipinski definition) is 12. The quantitative estimate of drug-likeness (QED) is 0.177. The van der Waals surface area contributed by atoms with Crippen molar-refractivity contribution in [2.45, 2.75) is 120 Å². The minimum absolute atomic E-state index is 0.00966. The molecule has 12 nitrogen and oxygen atoms in total. The van der Waals surface area contributed by atoms with Crippen molar-refractivity contribution in [3.8, 4) is 0 Å². The third kappa shape index (κ3) is 9.22. The number of carbonyl (C=O) groups is 5. The fourth-order valence-electron chi connectivity index (χ4n) is 8.73. The van der Waals surface area contributed by atoms with Gasteiger partial charge in [0.25, 0.3) is 0 Å². The van der Waals surface area contributed by atoms with Gasteiger partial charge in [-0.2, -0.15) is 0 Å². The molecule has 0 unspecified atom stereocenters. The van der Waals surface area contributed by atoms with Gasteiger partial charge in [0.1, 0.15) is 11.1 Å². The maximum atomic E-state index is 12.8. The second-order valence-electron chi connectivity index (χ2n) is 15.4. The highest BCUT2D eigenvalue weighted by Gasteiger charge is 2.57. The summed E-state index contributed by atoms with van der Waals surface area (Å²) in [6.45, 7) is 5.24. The normalized spacial score (nSPS) is 28.6. The summed E-state index contributed by atoms with van der Waals surface area (Å²) in [5.41, 5.74) is -0.854. The second kappa shape index (κ2) is 17.5. The van der Waals surface area contributed by atoms with Gasteiger partial charge in [-0.05, 0) is 101 Å². The number of esters is 5. The predicted octanol–water partition coefficient (Wildman–Crippen LogP) is 9.46. The molecule has 0 radical (unpaired) electrons. The van der Waals surface area contributed by atoms with Crippen molar-refractivity contribution in [1.29, 1.82) is 0 Å². The van der Waals surface area contributed by atoms with Crippen LogP contribution in [0.1, 0.15) is 109 Å². The standard InChI is InChI=1S/C20H20Cl2O5.C18H18Cl2O4.C4H6O3/c1-12(23)26-17-16(14-4-3-13(21)11-15(14)22)18(24)27-20(17)8-6-19(7-9-20)5-2-10-25-19;19-11-2-3-12(13(20)10-11)14-15(21)18(24-16(14)22)7-5-17(6-8-18)4-1-9-23-17;1-3(5)7-4(2)6/h3-4,11H,2,5-10H2,1H3;2-3,10,21H,1,4-9H2;1-2H3. The van der Waals surface area contributed by atoms with Crippen molar-refractivity contribution in [2.75, 3.05) is 13.2 Å². The van der Waals surface area contributed by atoms with Crippen LogP contribution in [0.2, 0.25) is 20.1 Å². The summed E-state index contributed by atoms with van der Waals surface area (Å²) in [6.07, 6.45) is 9.49. The van der Waals surface area contributed by atoms with Gasteiger partial charge in [0, 0.05) is 55.2 Å². The topological polar surface area (TPSA) is 161 Å². The van der Waals surface area contributed by atoms with Gasteiger partial charge >= 0.3 is 29.8 Å². The van der Waals surface area contributed by atoms with Gasteiger partial charge in [0.05, 0.1) is 21.2 Å². The van der Waals surface area contributed by atoms with Gasteiger partial charge in [0.15, 0.2) is 22.7 Å². The zero-order valence-corrected chi connectivity index (χ0v) is 35.3. The summed E-state index contributed by atoms with van der Waals surface area (Å²) in [7, 11) is 0. The number of ether oxygens (including phenoxy) is 6. The molecule has 4 fully saturated rings. The average Bonchev–Trinajstić information content (AvgIpc) is 3.91. The summed E-state index contributed by atoms with van der Waals surface area (Å²) >= 11 is 24.4. The Labute approximate surface area is 356 Å². The van der Waals surface area contributed by atoms with E-state index >= 15 is 0 Å². The number of halogens is 4. The predicted molar refractivity (Wildman–Crippen MR) is 214 cm³/mol. The van der Waals surface area contributed by atoms with Crippen LogP contribution in [0.15, 0.2) is 47.9 Å². The maximum Gasteiger partial charge on any atom is 0.343 e. The lowest BCUT2D eigenvalue weighted by atomic mass is 9.73. The van der Waals surface area contributed by atoms with Gasteiger partial charge in [0.2, 0.25) is 0 Å². The lowest BCUT2D eigenvalue weighted by molar-refractivity contribution is -0.161. The van der Waals surface area contributed by atoms with Crippen LogP contribution in [0, 0.1) is 0 Å². The van der Waals surface area contributed by atoms with E-state index in [2.05, 4.69) is 4.74 Å². The van der Waals surface area contributed by atoms with Crippen LogP contribution in [0.3, 0.4) is 0 Å². The highest BCUT2D eigenvalue weighted by atomic mass is 35.5. The molecule has 0 amide bonds. The van der Waals surface area contributed by atoms with Crippen molar-refractivity contribution >= 4 is 87.4 Å². The lowest BCUT2D eigenvalue weighted by Crippen LogP contribution is -2.44. The molecule has 0 atom stereocenters. The van der Waals surface area contributed by atoms with Crippen molar-refractivity contribution in [3.63, 3.8) is 0 Å². The SMILES string of the molecule is CC(=O)OC(C)=O.CC(=O)OC1=C(c2ccc(Cl)cc2Cl)C(=O)OC12CCC1(CCCO1)CC2.O=C1OC2(CCC3(CCCO3)CC2)C(O)=C1c1ccc(Cl)cc1Cl. The van der Waals surface area contributed by atoms with Gasteiger partial charge < -0.3 is 33.5 Å². The fourth-order valence-corrected chi connectivity index (χ4v) is 9.73. The zero-order valence-electron chi connectivity index (χ0n) is 32.3. The Morgan fingerprint density at radius 1 is 0.603 bits per heavy atom. The summed E-state index contributed by atoms with van der Waals surface area (Å²) in [5, 5.41) is 12.4. The van der Waals surface area contributed by atoms with E-state index in [0.29, 0.717) is 56.9 Å². The maximum absolute atomic E-state index is 12.8. The van der Waals surface area contributed by atoms with Gasteiger partial charge in [-0.1, -0.05) is 58.5 Å². The Bertz CT molecular complexity index is 2030. The van der Waals surface area contributed by atoms with Crippen LogP contribution < -0.4 is 0 Å². The molecule has 2 saturated carbocycles. The van der Waals surface area contributed by atoms with E-state index in [0.717, 1.165) is 64.6 Å². The number of aliphatic hydroxyl groups excluding tert-OH is 1. The number of rotatable bonds is 3. The summed E-state index contributed by atoms with van der Waals surface area (Å²) in [5.74, 6) is -2.43. The molecule has 8 rings (SSSR count). The van der Waals surface area contributed by atoms with Crippen LogP contribution in [-0.4, -0.2) is 70.6 Å². The van der Waals surface area contributed by atoms with Crippen molar-refractivity contribution in [1.82, 2.24) is 0 Å². The highest BCUT2D eigenvalue weighted by molar-refractivity contribution is 6.38. The Morgan fingerprint density at radius 3 is 1.43 bits per heavy atom. The Morgan fingerprint density at radius 2 is 1.03 bits per heavy atom. The van der Waals surface area contributed by atoms with Crippen molar-refractivity contribution < 1.29 is 57.5 Å². The van der Waals surface area contributed by atoms with Crippen LogP contribution >= 0.6 is 46.4 Å². The second-order valence-corrected chi connectivity index (χ2v) is 17.1. The molecule has 16 heteroatoms. The zero-order chi connectivity index (χ0) is 42.0. The first kappa shape index (κ1) is 43.9. The molecule has 6 aliphatic rings. The average molecular weight is 883 g/mol. The first-order chi connectivity index (χ1) is 27.4. The largest absolute Gasteiger partial charge is 0.507 e. The molecule has 2 aliphatic carbocycles. The summed E-state index contributed by atoms with van der Waals surface area (Å²) < 4.78 is 32.9. The van der Waals surface area contributed by atoms with E-state index in [1.165, 1.54) is 20.8 Å².